The molecular weight excluding hydrogens is 231 g/mol. The maximum Gasteiger partial charge on any atom is 0.161 e. The van der Waals surface area contributed by atoms with E-state index in [0.717, 1.165) is 12.5 Å². The molecule has 0 fully saturated rings. The molecule has 5 heteroatoms. The molecule has 0 aliphatic carbocycles. The van der Waals surface area contributed by atoms with E-state index in [4.69, 9.17) is 4.74 Å². The van der Waals surface area contributed by atoms with Crippen molar-refractivity contribution in [3.05, 3.63) is 35.1 Å². The van der Waals surface area contributed by atoms with Crippen LogP contribution >= 0.6 is 0 Å². The average Bonchev–Trinajstić information content (AvgIpc) is 2.29. The van der Waals surface area contributed by atoms with Crippen LogP contribution in [0.25, 0.3) is 0 Å². The number of hydrogen-bond acceptors (Lipinski definition) is 2. The van der Waals surface area contributed by atoms with Gasteiger partial charge >= 0.3 is 0 Å². The minimum atomic E-state index is -1.17. The Morgan fingerprint density at radius 1 is 1.18 bits per heavy atom. The maximum absolute atomic E-state index is 13.3. The van der Waals surface area contributed by atoms with Crippen LogP contribution < -0.4 is 5.32 Å². The summed E-state index contributed by atoms with van der Waals surface area (Å²) in [7, 11) is 1.60. The third kappa shape index (κ3) is 4.36. The molecule has 0 amide bonds. The summed E-state index contributed by atoms with van der Waals surface area (Å²) in [6.45, 7) is 2.67. The van der Waals surface area contributed by atoms with E-state index in [1.165, 1.54) is 0 Å². The highest BCUT2D eigenvalue weighted by Crippen LogP contribution is 2.13. The lowest BCUT2D eigenvalue weighted by molar-refractivity contribution is 0.184. The number of nitrogens with one attached hydrogen (secondary N) is 1. The second-order valence-corrected chi connectivity index (χ2v) is 3.92. The molecule has 1 rings (SSSR count). The largest absolute Gasteiger partial charge is 0.385 e. The van der Waals surface area contributed by atoms with Crippen molar-refractivity contribution in [2.75, 3.05) is 13.7 Å². The fourth-order valence-corrected chi connectivity index (χ4v) is 1.38. The second-order valence-electron chi connectivity index (χ2n) is 3.92. The topological polar surface area (TPSA) is 21.3 Å². The standard InChI is InChI=1S/C12H16F3NO/c1-8(3-4-17-2)16-7-9-5-11(14)12(15)6-10(9)13/h5-6,8,16H,3-4,7H2,1-2H3. The quantitative estimate of drug-likeness (QED) is 0.780. The Hall–Kier alpha value is -1.07. The fraction of sp³-hybridized carbons (Fsp3) is 0.500. The Kier molecular flexibility index (Phi) is 5.44. The molecule has 0 aliphatic heterocycles. The predicted molar refractivity (Wildman–Crippen MR) is 59.1 cm³/mol. The molecule has 1 unspecified atom stereocenters. The van der Waals surface area contributed by atoms with E-state index >= 15 is 0 Å². The van der Waals surface area contributed by atoms with Gasteiger partial charge in [-0.25, -0.2) is 13.2 Å². The molecule has 96 valence electrons. The smallest absolute Gasteiger partial charge is 0.161 e. The van der Waals surface area contributed by atoms with Crippen LogP contribution in [0.4, 0.5) is 13.2 Å². The van der Waals surface area contributed by atoms with Gasteiger partial charge in [-0.3, -0.25) is 0 Å². The summed E-state index contributed by atoms with van der Waals surface area (Å²) < 4.78 is 43.7. The Labute approximate surface area is 98.8 Å². The third-order valence-corrected chi connectivity index (χ3v) is 2.49. The van der Waals surface area contributed by atoms with Crippen molar-refractivity contribution >= 4 is 0 Å². The zero-order valence-corrected chi connectivity index (χ0v) is 9.90. The Morgan fingerprint density at radius 2 is 1.82 bits per heavy atom. The summed E-state index contributed by atoms with van der Waals surface area (Å²) in [5, 5.41) is 3.01. The van der Waals surface area contributed by atoms with Crippen LogP contribution in [0.1, 0.15) is 18.9 Å². The number of rotatable bonds is 6. The van der Waals surface area contributed by atoms with E-state index in [1.54, 1.807) is 7.11 Å². The van der Waals surface area contributed by atoms with Gasteiger partial charge < -0.3 is 10.1 Å². The molecule has 0 bridgehead atoms. The van der Waals surface area contributed by atoms with Gasteiger partial charge in [-0.15, -0.1) is 0 Å². The zero-order valence-electron chi connectivity index (χ0n) is 9.90. The minimum absolute atomic E-state index is 0.113. The summed E-state index contributed by atoms with van der Waals surface area (Å²) in [5.41, 5.74) is 0.119. The van der Waals surface area contributed by atoms with Crippen LogP contribution in [0.15, 0.2) is 12.1 Å². The van der Waals surface area contributed by atoms with Gasteiger partial charge in [0, 0.05) is 37.9 Å². The Morgan fingerprint density at radius 3 is 2.47 bits per heavy atom. The summed E-state index contributed by atoms with van der Waals surface area (Å²) in [5.74, 6) is -2.94. The van der Waals surface area contributed by atoms with Crippen molar-refractivity contribution in [2.45, 2.75) is 25.9 Å². The van der Waals surface area contributed by atoms with Gasteiger partial charge in [0.05, 0.1) is 0 Å². The number of benzene rings is 1. The summed E-state index contributed by atoms with van der Waals surface area (Å²) in [6, 6.07) is 1.55. The molecule has 0 spiro atoms. The van der Waals surface area contributed by atoms with Crippen LogP contribution in [0.2, 0.25) is 0 Å². The summed E-state index contributed by atoms with van der Waals surface area (Å²) in [6.07, 6.45) is 0.766. The molecule has 17 heavy (non-hydrogen) atoms. The second kappa shape index (κ2) is 6.61. The van der Waals surface area contributed by atoms with E-state index in [0.29, 0.717) is 12.7 Å². The first kappa shape index (κ1) is 14.0. The highest BCUT2D eigenvalue weighted by atomic mass is 19.2. The van der Waals surface area contributed by atoms with Crippen LogP contribution in [-0.4, -0.2) is 19.8 Å². The van der Waals surface area contributed by atoms with Crippen LogP contribution in [0.3, 0.4) is 0 Å². The molecule has 0 saturated carbocycles. The molecule has 0 heterocycles. The zero-order chi connectivity index (χ0) is 12.8. The summed E-state index contributed by atoms with van der Waals surface area (Å²) in [4.78, 5) is 0. The number of ether oxygens (including phenoxy) is 1. The monoisotopic (exact) mass is 247 g/mol. The van der Waals surface area contributed by atoms with Gasteiger partial charge in [0.2, 0.25) is 0 Å². The summed E-state index contributed by atoms with van der Waals surface area (Å²) >= 11 is 0. The van der Waals surface area contributed by atoms with Gasteiger partial charge in [-0.05, 0) is 19.4 Å². The van der Waals surface area contributed by atoms with E-state index in [2.05, 4.69) is 5.32 Å². The van der Waals surface area contributed by atoms with Crippen molar-refractivity contribution in [2.24, 2.45) is 0 Å². The van der Waals surface area contributed by atoms with Gasteiger partial charge in [0.1, 0.15) is 5.82 Å². The van der Waals surface area contributed by atoms with E-state index in [9.17, 15) is 13.2 Å². The lowest BCUT2D eigenvalue weighted by Crippen LogP contribution is -2.27. The maximum atomic E-state index is 13.3. The van der Waals surface area contributed by atoms with E-state index in [1.807, 2.05) is 6.92 Å². The van der Waals surface area contributed by atoms with Crippen molar-refractivity contribution in [3.8, 4) is 0 Å². The Balaban J connectivity index is 2.54. The normalized spacial score (nSPS) is 12.8. The molecule has 2 nitrogen and oxygen atoms in total. The van der Waals surface area contributed by atoms with Crippen molar-refractivity contribution in [3.63, 3.8) is 0 Å². The molecule has 1 N–H and O–H groups in total. The third-order valence-electron chi connectivity index (χ3n) is 2.49. The average molecular weight is 247 g/mol. The molecular formula is C12H16F3NO. The van der Waals surface area contributed by atoms with Crippen molar-refractivity contribution < 1.29 is 17.9 Å². The van der Waals surface area contributed by atoms with E-state index < -0.39 is 17.5 Å². The van der Waals surface area contributed by atoms with Crippen molar-refractivity contribution in [1.29, 1.82) is 0 Å². The first-order valence-electron chi connectivity index (χ1n) is 5.40. The molecule has 0 aliphatic rings. The molecule has 1 aromatic rings. The number of halogens is 3. The Bertz CT molecular complexity index is 371. The molecule has 1 atom stereocenters. The minimum Gasteiger partial charge on any atom is -0.385 e. The molecule has 1 aromatic carbocycles. The van der Waals surface area contributed by atoms with E-state index in [-0.39, 0.29) is 18.2 Å². The van der Waals surface area contributed by atoms with Crippen molar-refractivity contribution in [1.82, 2.24) is 5.32 Å². The SMILES string of the molecule is COCCC(C)NCc1cc(F)c(F)cc1F. The highest BCUT2D eigenvalue weighted by Gasteiger charge is 2.10. The highest BCUT2D eigenvalue weighted by molar-refractivity contribution is 5.19. The first-order valence-corrected chi connectivity index (χ1v) is 5.40. The molecule has 0 radical (unpaired) electrons. The van der Waals surface area contributed by atoms with Crippen LogP contribution in [0, 0.1) is 17.5 Å². The fourth-order valence-electron chi connectivity index (χ4n) is 1.38. The van der Waals surface area contributed by atoms with Gasteiger partial charge in [-0.1, -0.05) is 0 Å². The predicted octanol–water partition coefficient (Wildman–Crippen LogP) is 2.62. The van der Waals surface area contributed by atoms with Crippen LogP contribution in [-0.2, 0) is 11.3 Å². The van der Waals surface area contributed by atoms with Gasteiger partial charge in [-0.2, -0.15) is 0 Å². The number of hydrogen-bond donors (Lipinski definition) is 1. The number of methoxy groups -OCH3 is 1. The lowest BCUT2D eigenvalue weighted by atomic mass is 10.1. The van der Waals surface area contributed by atoms with Gasteiger partial charge in [0.15, 0.2) is 11.6 Å². The van der Waals surface area contributed by atoms with Gasteiger partial charge in [0.25, 0.3) is 0 Å². The molecule has 0 saturated heterocycles. The lowest BCUT2D eigenvalue weighted by Gasteiger charge is -2.13. The van der Waals surface area contributed by atoms with Crippen LogP contribution in [0.5, 0.6) is 0 Å². The molecule has 0 aromatic heterocycles. The first-order chi connectivity index (χ1) is 8.04.